The van der Waals surface area contributed by atoms with Crippen LogP contribution in [0.25, 0.3) is 0 Å². The lowest BCUT2D eigenvalue weighted by Gasteiger charge is -2.00. The summed E-state index contributed by atoms with van der Waals surface area (Å²) in [6, 6.07) is -0.133. The molecule has 6 heteroatoms. The third-order valence-corrected chi connectivity index (χ3v) is 2.61. The normalized spacial score (nSPS) is 12.3. The molecule has 1 aromatic heterocycles. The van der Waals surface area contributed by atoms with Crippen molar-refractivity contribution in [2.45, 2.75) is 6.04 Å². The molecule has 1 atom stereocenters. The first-order chi connectivity index (χ1) is 4.74. The Morgan fingerprint density at radius 1 is 1.73 bits per heavy atom. The van der Waals surface area contributed by atoms with Gasteiger partial charge in [0, 0.05) is 17.0 Å². The molecule has 0 fully saturated rings. The molecule has 11 heavy (non-hydrogen) atoms. The van der Waals surface area contributed by atoms with Gasteiger partial charge in [0.2, 0.25) is 0 Å². The van der Waals surface area contributed by atoms with Crippen LogP contribution in [0.15, 0.2) is 6.20 Å². The van der Waals surface area contributed by atoms with E-state index in [4.69, 9.17) is 28.9 Å². The van der Waals surface area contributed by atoms with Gasteiger partial charge in [0.05, 0.1) is 6.04 Å². The van der Waals surface area contributed by atoms with Gasteiger partial charge in [0.25, 0.3) is 0 Å². The van der Waals surface area contributed by atoms with E-state index in [1.54, 1.807) is 6.20 Å². The predicted molar refractivity (Wildman–Crippen MR) is 52.0 cm³/mol. The zero-order chi connectivity index (χ0) is 7.56. The highest BCUT2D eigenvalue weighted by Crippen LogP contribution is 2.22. The summed E-state index contributed by atoms with van der Waals surface area (Å²) in [5, 5.41) is 0. The minimum atomic E-state index is -0.133. The van der Waals surface area contributed by atoms with Crippen LogP contribution in [0.1, 0.15) is 10.9 Å². The van der Waals surface area contributed by atoms with Gasteiger partial charge < -0.3 is 5.73 Å². The molecule has 2 nitrogen and oxygen atoms in total. The number of hydrogen-bond acceptors (Lipinski definition) is 3. The Labute approximate surface area is 85.1 Å². The van der Waals surface area contributed by atoms with Crippen LogP contribution in [-0.4, -0.2) is 10.9 Å². The molecule has 0 aliphatic carbocycles. The highest BCUT2D eigenvalue weighted by Gasteiger charge is 2.07. The third kappa shape index (κ3) is 3.13. The first-order valence-electron chi connectivity index (χ1n) is 2.67. The quantitative estimate of drug-likeness (QED) is 0.797. The van der Waals surface area contributed by atoms with Crippen LogP contribution >= 0.6 is 46.9 Å². The summed E-state index contributed by atoms with van der Waals surface area (Å²) in [4.78, 5) is 4.76. The second-order valence-corrected chi connectivity index (χ2v) is 3.73. The molecular weight excluding hydrogens is 226 g/mol. The number of rotatable bonds is 2. The average molecular weight is 234 g/mol. The van der Waals surface area contributed by atoms with Crippen molar-refractivity contribution in [3.63, 3.8) is 0 Å². The molecule has 0 bridgehead atoms. The molecule has 64 valence electrons. The Hall–Kier alpha value is 0.460. The fourth-order valence-corrected chi connectivity index (χ4v) is 1.73. The summed E-state index contributed by atoms with van der Waals surface area (Å²) in [6.07, 6.45) is 1.65. The maximum Gasteiger partial charge on any atom is 0.183 e. The second kappa shape index (κ2) is 5.17. The van der Waals surface area contributed by atoms with E-state index in [9.17, 15) is 0 Å². The van der Waals surface area contributed by atoms with E-state index in [-0.39, 0.29) is 18.4 Å². The van der Waals surface area contributed by atoms with E-state index >= 15 is 0 Å². The van der Waals surface area contributed by atoms with Crippen molar-refractivity contribution < 1.29 is 0 Å². The minimum Gasteiger partial charge on any atom is -0.322 e. The van der Waals surface area contributed by atoms with Crippen molar-refractivity contribution in [3.05, 3.63) is 15.5 Å². The minimum absolute atomic E-state index is 0. The molecule has 1 heterocycles. The van der Waals surface area contributed by atoms with Gasteiger partial charge in [-0.25, -0.2) is 4.98 Å². The van der Waals surface area contributed by atoms with Crippen molar-refractivity contribution in [1.82, 2.24) is 4.98 Å². The molecule has 0 saturated carbocycles. The molecule has 1 rings (SSSR count). The second-order valence-electron chi connectivity index (χ2n) is 1.78. The van der Waals surface area contributed by atoms with Gasteiger partial charge >= 0.3 is 0 Å². The number of halogens is 3. The summed E-state index contributed by atoms with van der Waals surface area (Å²) in [7, 11) is 0. The SMILES string of the molecule is Cl.NC(CCl)c1cnc(Cl)s1. The molecule has 1 unspecified atom stereocenters. The molecule has 0 amide bonds. The van der Waals surface area contributed by atoms with Gasteiger partial charge in [0.15, 0.2) is 4.47 Å². The van der Waals surface area contributed by atoms with Gasteiger partial charge in [-0.05, 0) is 0 Å². The summed E-state index contributed by atoms with van der Waals surface area (Å²) >= 11 is 12.4. The fourth-order valence-electron chi connectivity index (χ4n) is 0.512. The van der Waals surface area contributed by atoms with Crippen molar-refractivity contribution in [2.75, 3.05) is 5.88 Å². The molecule has 1 aromatic rings. The summed E-state index contributed by atoms with van der Waals surface area (Å²) in [5.74, 6) is 0.401. The maximum atomic E-state index is 5.59. The molecule has 0 aliphatic heterocycles. The number of aromatic nitrogens is 1. The van der Waals surface area contributed by atoms with Crippen molar-refractivity contribution in [2.24, 2.45) is 5.73 Å². The van der Waals surface area contributed by atoms with Crippen molar-refractivity contribution in [3.8, 4) is 0 Å². The highest BCUT2D eigenvalue weighted by molar-refractivity contribution is 7.15. The summed E-state index contributed by atoms with van der Waals surface area (Å²) < 4.78 is 0.510. The molecule has 0 radical (unpaired) electrons. The molecule has 2 N–H and O–H groups in total. The number of thiazole rings is 1. The topological polar surface area (TPSA) is 38.9 Å². The van der Waals surface area contributed by atoms with Gasteiger partial charge in [-0.15, -0.1) is 35.3 Å². The van der Waals surface area contributed by atoms with E-state index in [0.29, 0.717) is 10.3 Å². The van der Waals surface area contributed by atoms with Gasteiger partial charge in [-0.3, -0.25) is 0 Å². The number of hydrogen-bond donors (Lipinski definition) is 1. The van der Waals surface area contributed by atoms with Crippen molar-refractivity contribution in [1.29, 1.82) is 0 Å². The maximum absolute atomic E-state index is 5.59. The number of nitrogens with zero attached hydrogens (tertiary/aromatic N) is 1. The Kier molecular flexibility index (Phi) is 5.38. The van der Waals surface area contributed by atoms with E-state index < -0.39 is 0 Å². The lowest BCUT2D eigenvalue weighted by Crippen LogP contribution is -2.09. The Bertz CT molecular complexity index is 215. The molecule has 0 spiro atoms. The van der Waals surface area contributed by atoms with Crippen LogP contribution in [0.3, 0.4) is 0 Å². The van der Waals surface area contributed by atoms with E-state index in [2.05, 4.69) is 4.98 Å². The fraction of sp³-hybridized carbons (Fsp3) is 0.400. The first kappa shape index (κ1) is 11.5. The van der Waals surface area contributed by atoms with E-state index in [0.717, 1.165) is 4.88 Å². The molecular formula is C5H7Cl3N2S. The first-order valence-corrected chi connectivity index (χ1v) is 4.39. The zero-order valence-electron chi connectivity index (χ0n) is 5.46. The number of nitrogens with two attached hydrogens (primary N) is 1. The summed E-state index contributed by atoms with van der Waals surface area (Å²) in [6.45, 7) is 0. The average Bonchev–Trinajstić information content (AvgIpc) is 2.34. The monoisotopic (exact) mass is 232 g/mol. The number of alkyl halides is 1. The summed E-state index contributed by atoms with van der Waals surface area (Å²) in [5.41, 5.74) is 5.59. The van der Waals surface area contributed by atoms with Gasteiger partial charge in [-0.1, -0.05) is 11.6 Å². The Balaban J connectivity index is 0.000001000. The Morgan fingerprint density at radius 3 is 2.73 bits per heavy atom. The van der Waals surface area contributed by atoms with Crippen molar-refractivity contribution >= 4 is 46.9 Å². The molecule has 0 saturated heterocycles. The Morgan fingerprint density at radius 2 is 2.36 bits per heavy atom. The van der Waals surface area contributed by atoms with Crippen LogP contribution in [0.5, 0.6) is 0 Å². The zero-order valence-corrected chi connectivity index (χ0v) is 8.60. The standard InChI is InChI=1S/C5H6Cl2N2S.ClH/c6-1-3(8)4-2-9-5(7)10-4;/h2-3H,1,8H2;1H. The predicted octanol–water partition coefficient (Wildman–Crippen LogP) is 2.46. The smallest absolute Gasteiger partial charge is 0.183 e. The lowest BCUT2D eigenvalue weighted by molar-refractivity contribution is 0.843. The van der Waals surface area contributed by atoms with Gasteiger partial charge in [0.1, 0.15) is 0 Å². The largest absolute Gasteiger partial charge is 0.322 e. The molecule has 0 aromatic carbocycles. The van der Waals surface area contributed by atoms with Crippen LogP contribution in [0.4, 0.5) is 0 Å². The van der Waals surface area contributed by atoms with Crippen LogP contribution < -0.4 is 5.73 Å². The van der Waals surface area contributed by atoms with Gasteiger partial charge in [-0.2, -0.15) is 0 Å². The van der Waals surface area contributed by atoms with E-state index in [1.165, 1.54) is 11.3 Å². The van der Waals surface area contributed by atoms with Crippen LogP contribution in [0.2, 0.25) is 4.47 Å². The third-order valence-electron chi connectivity index (χ3n) is 1.03. The van der Waals surface area contributed by atoms with Crippen LogP contribution in [-0.2, 0) is 0 Å². The van der Waals surface area contributed by atoms with E-state index in [1.807, 2.05) is 0 Å². The van der Waals surface area contributed by atoms with Crippen LogP contribution in [0, 0.1) is 0 Å². The lowest BCUT2D eigenvalue weighted by atomic mass is 10.3. The molecule has 0 aliphatic rings. The highest BCUT2D eigenvalue weighted by atomic mass is 35.5.